The zero-order valence-corrected chi connectivity index (χ0v) is 18.9. The van der Waals surface area contributed by atoms with Crippen molar-refractivity contribution in [2.45, 2.75) is 90.4 Å². The molecule has 0 saturated heterocycles. The van der Waals surface area contributed by atoms with Crippen molar-refractivity contribution in [3.63, 3.8) is 0 Å². The van der Waals surface area contributed by atoms with Crippen LogP contribution in [0.1, 0.15) is 90.4 Å². The molecule has 2 aromatic rings. The van der Waals surface area contributed by atoms with E-state index < -0.39 is 10.1 Å². The maximum atomic E-state index is 12.3. The molecule has 0 saturated carbocycles. The Morgan fingerprint density at radius 2 is 1.17 bits per heavy atom. The number of unbranched alkanes of at least 4 members (excludes halogenated alkanes) is 12. The molecule has 0 spiro atoms. The average Bonchev–Trinajstić information content (AvgIpc) is 2.71. The normalized spacial score (nSPS) is 11.4. The maximum absolute atomic E-state index is 12.3. The van der Waals surface area contributed by atoms with Crippen LogP contribution in [0, 0.1) is 0 Å². The van der Waals surface area contributed by atoms with Crippen LogP contribution in [0.4, 0.5) is 0 Å². The van der Waals surface area contributed by atoms with E-state index in [9.17, 15) is 8.42 Å². The minimum absolute atomic E-state index is 0. The second-order valence-electron chi connectivity index (χ2n) is 8.07. The Hall–Kier alpha value is -0.290. The van der Waals surface area contributed by atoms with Gasteiger partial charge in [-0.15, -0.1) is 0 Å². The van der Waals surface area contributed by atoms with Gasteiger partial charge in [-0.25, -0.2) is 0 Å². The van der Waals surface area contributed by atoms with Crippen molar-refractivity contribution in [2.24, 2.45) is 0 Å². The van der Waals surface area contributed by atoms with E-state index in [1.807, 2.05) is 36.4 Å². The SMILES string of the molecule is CCCCCCCCCCCCCCCS(=O)(=O)Oc1cccc2ccccc12.[CaH2]. The molecule has 0 heterocycles. The van der Waals surface area contributed by atoms with Crippen LogP contribution >= 0.6 is 0 Å². The second kappa shape index (κ2) is 16.4. The van der Waals surface area contributed by atoms with Crippen molar-refractivity contribution in [1.29, 1.82) is 0 Å². The van der Waals surface area contributed by atoms with E-state index in [0.29, 0.717) is 12.2 Å². The summed E-state index contributed by atoms with van der Waals surface area (Å²) in [7, 11) is -3.54. The molecule has 0 aliphatic carbocycles. The average molecular weight is 461 g/mol. The summed E-state index contributed by atoms with van der Waals surface area (Å²) in [5.41, 5.74) is 0. The van der Waals surface area contributed by atoms with Crippen molar-refractivity contribution >= 4 is 58.6 Å². The molecule has 166 valence electrons. The van der Waals surface area contributed by atoms with Crippen LogP contribution in [0.15, 0.2) is 42.5 Å². The first kappa shape index (κ1) is 27.7. The molecule has 0 bridgehead atoms. The summed E-state index contributed by atoms with van der Waals surface area (Å²) in [6.45, 7) is 2.26. The predicted octanol–water partition coefficient (Wildman–Crippen LogP) is 6.72. The number of fused-ring (bicyclic) bond motifs is 1. The van der Waals surface area contributed by atoms with Crippen molar-refractivity contribution in [1.82, 2.24) is 0 Å². The molecule has 0 aromatic heterocycles. The summed E-state index contributed by atoms with van der Waals surface area (Å²) in [4.78, 5) is 0. The molecular formula is C25H40CaO3S. The van der Waals surface area contributed by atoms with E-state index in [4.69, 9.17) is 4.18 Å². The zero-order valence-electron chi connectivity index (χ0n) is 18.1. The molecule has 0 aliphatic rings. The monoisotopic (exact) mass is 460 g/mol. The Labute approximate surface area is 214 Å². The molecule has 2 rings (SSSR count). The van der Waals surface area contributed by atoms with Gasteiger partial charge in [0.15, 0.2) is 0 Å². The van der Waals surface area contributed by atoms with E-state index in [1.54, 1.807) is 6.07 Å². The van der Waals surface area contributed by atoms with Gasteiger partial charge in [-0.1, -0.05) is 120 Å². The Balaban J connectivity index is 0.00000450. The summed E-state index contributed by atoms with van der Waals surface area (Å²) in [6.07, 6.45) is 16.1. The first-order chi connectivity index (χ1) is 14.1. The third-order valence-corrected chi connectivity index (χ3v) is 6.69. The van der Waals surface area contributed by atoms with E-state index in [0.717, 1.165) is 23.6 Å². The summed E-state index contributed by atoms with van der Waals surface area (Å²) in [5.74, 6) is 0.520. The topological polar surface area (TPSA) is 43.4 Å². The molecule has 0 unspecified atom stereocenters. The molecule has 0 aliphatic heterocycles. The first-order valence-electron chi connectivity index (χ1n) is 11.5. The van der Waals surface area contributed by atoms with E-state index in [2.05, 4.69) is 6.92 Å². The molecule has 0 fully saturated rings. The molecule has 2 aromatic carbocycles. The van der Waals surface area contributed by atoms with Crippen molar-refractivity contribution in [3.8, 4) is 5.75 Å². The third-order valence-electron chi connectivity index (χ3n) is 5.46. The summed E-state index contributed by atoms with van der Waals surface area (Å²) in [6, 6.07) is 13.2. The van der Waals surface area contributed by atoms with Gasteiger partial charge < -0.3 is 4.18 Å². The van der Waals surface area contributed by atoms with Crippen LogP contribution in [0.25, 0.3) is 10.8 Å². The van der Waals surface area contributed by atoms with Gasteiger partial charge in [-0.2, -0.15) is 8.42 Å². The van der Waals surface area contributed by atoms with Crippen LogP contribution in [-0.2, 0) is 10.1 Å². The van der Waals surface area contributed by atoms with Crippen molar-refractivity contribution in [2.75, 3.05) is 5.75 Å². The minimum atomic E-state index is -3.54. The van der Waals surface area contributed by atoms with Gasteiger partial charge in [0, 0.05) is 5.39 Å². The first-order valence-corrected chi connectivity index (χ1v) is 13.1. The molecule has 5 heteroatoms. The van der Waals surface area contributed by atoms with Crippen LogP contribution in [0.5, 0.6) is 5.75 Å². The third kappa shape index (κ3) is 11.4. The molecule has 30 heavy (non-hydrogen) atoms. The van der Waals surface area contributed by atoms with Gasteiger partial charge in [0.05, 0.1) is 5.75 Å². The number of rotatable bonds is 16. The Kier molecular flexibility index (Phi) is 15.1. The van der Waals surface area contributed by atoms with Gasteiger partial charge in [0.2, 0.25) is 0 Å². The van der Waals surface area contributed by atoms with Gasteiger partial charge in [-0.3, -0.25) is 0 Å². The van der Waals surface area contributed by atoms with E-state index >= 15 is 0 Å². The standard InChI is InChI=1S/C25H38O3S.Ca.2H/c1-2-3-4-5-6-7-8-9-10-11-12-13-16-22-29(26,27)28-25-21-17-19-23-18-14-15-20-24(23)25;;;/h14-15,17-21H,2-13,16,22H2,1H3;;;. The molecule has 0 amide bonds. The number of hydrogen-bond acceptors (Lipinski definition) is 3. The fourth-order valence-electron chi connectivity index (χ4n) is 3.74. The molecule has 0 radical (unpaired) electrons. The summed E-state index contributed by atoms with van der Waals surface area (Å²) in [5, 5.41) is 1.82. The fraction of sp³-hybridized carbons (Fsp3) is 0.600. The molecule has 3 nitrogen and oxygen atoms in total. The Bertz CT molecular complexity index is 800. The van der Waals surface area contributed by atoms with E-state index in [-0.39, 0.29) is 43.5 Å². The molecule has 0 atom stereocenters. The van der Waals surface area contributed by atoms with Gasteiger partial charge in [0.25, 0.3) is 0 Å². The van der Waals surface area contributed by atoms with Crippen LogP contribution in [0.3, 0.4) is 0 Å². The van der Waals surface area contributed by atoms with Gasteiger partial charge in [-0.05, 0) is 17.9 Å². The molecular weight excluding hydrogens is 420 g/mol. The van der Waals surface area contributed by atoms with Gasteiger partial charge in [0.1, 0.15) is 5.75 Å². The van der Waals surface area contributed by atoms with Crippen LogP contribution in [0.2, 0.25) is 0 Å². The summed E-state index contributed by atoms with van der Waals surface area (Å²) < 4.78 is 30.0. The van der Waals surface area contributed by atoms with E-state index in [1.165, 1.54) is 64.2 Å². The number of hydrogen-bond donors (Lipinski definition) is 0. The Morgan fingerprint density at radius 1 is 0.667 bits per heavy atom. The van der Waals surface area contributed by atoms with Crippen LogP contribution in [-0.4, -0.2) is 51.9 Å². The van der Waals surface area contributed by atoms with Crippen molar-refractivity contribution < 1.29 is 12.6 Å². The zero-order chi connectivity index (χ0) is 20.8. The quantitative estimate of drug-likeness (QED) is 0.159. The Morgan fingerprint density at radius 3 is 1.77 bits per heavy atom. The summed E-state index contributed by atoms with van der Waals surface area (Å²) >= 11 is 0. The second-order valence-corrected chi connectivity index (χ2v) is 9.76. The number of benzene rings is 2. The predicted molar refractivity (Wildman–Crippen MR) is 133 cm³/mol. The van der Waals surface area contributed by atoms with Crippen LogP contribution < -0.4 is 4.18 Å². The van der Waals surface area contributed by atoms with Crippen molar-refractivity contribution in [3.05, 3.63) is 42.5 Å². The van der Waals surface area contributed by atoms with Gasteiger partial charge >= 0.3 is 47.9 Å². The fourth-order valence-corrected chi connectivity index (χ4v) is 4.80. The molecule has 0 N–H and O–H groups in total.